The van der Waals surface area contributed by atoms with Crippen molar-refractivity contribution in [2.45, 2.75) is 25.4 Å². The van der Waals surface area contributed by atoms with E-state index in [2.05, 4.69) is 5.32 Å². The topological polar surface area (TPSA) is 67.9 Å². The maximum Gasteiger partial charge on any atom is 0.323 e. The van der Waals surface area contributed by atoms with Crippen molar-refractivity contribution in [1.82, 2.24) is 10.2 Å². The maximum absolute atomic E-state index is 12.0. The Labute approximate surface area is 130 Å². The summed E-state index contributed by atoms with van der Waals surface area (Å²) >= 11 is 0. The van der Waals surface area contributed by atoms with E-state index in [0.717, 1.165) is 30.7 Å². The summed E-state index contributed by atoms with van der Waals surface area (Å²) in [4.78, 5) is 25.5. The molecule has 1 aromatic carbocycles. The third-order valence-electron chi connectivity index (χ3n) is 3.83. The SMILES string of the molecule is COC(=O)C1CCCN1CC(=O)NCc1ccc(OC)cc1. The molecule has 0 saturated carbocycles. The zero-order chi connectivity index (χ0) is 15.9. The van der Waals surface area contributed by atoms with Crippen molar-refractivity contribution in [1.29, 1.82) is 0 Å². The number of likely N-dealkylation sites (tertiary alicyclic amines) is 1. The molecule has 22 heavy (non-hydrogen) atoms. The van der Waals surface area contributed by atoms with Gasteiger partial charge >= 0.3 is 5.97 Å². The molecule has 6 heteroatoms. The standard InChI is InChI=1S/C16H22N2O4/c1-21-13-7-5-12(6-8-13)10-17-15(19)11-18-9-3-4-14(18)16(20)22-2/h5-8,14H,3-4,9-11H2,1-2H3,(H,17,19). The van der Waals surface area contributed by atoms with Crippen molar-refractivity contribution in [3.05, 3.63) is 29.8 Å². The van der Waals surface area contributed by atoms with Crippen LogP contribution in [-0.2, 0) is 20.9 Å². The van der Waals surface area contributed by atoms with Crippen LogP contribution in [0.25, 0.3) is 0 Å². The predicted molar refractivity (Wildman–Crippen MR) is 81.5 cm³/mol. The summed E-state index contributed by atoms with van der Waals surface area (Å²) in [5.41, 5.74) is 1.00. The molecular weight excluding hydrogens is 284 g/mol. The highest BCUT2D eigenvalue weighted by molar-refractivity contribution is 5.80. The highest BCUT2D eigenvalue weighted by Crippen LogP contribution is 2.17. The van der Waals surface area contributed by atoms with Gasteiger partial charge in [0.25, 0.3) is 0 Å². The summed E-state index contributed by atoms with van der Waals surface area (Å²) in [5.74, 6) is 0.431. The number of hydrogen-bond donors (Lipinski definition) is 1. The van der Waals surface area contributed by atoms with E-state index in [9.17, 15) is 9.59 Å². The van der Waals surface area contributed by atoms with Crippen LogP contribution in [0.5, 0.6) is 5.75 Å². The molecule has 1 N–H and O–H groups in total. The zero-order valence-corrected chi connectivity index (χ0v) is 13.0. The van der Waals surface area contributed by atoms with E-state index < -0.39 is 0 Å². The van der Waals surface area contributed by atoms with Gasteiger partial charge in [-0.3, -0.25) is 14.5 Å². The van der Waals surface area contributed by atoms with Crippen molar-refractivity contribution < 1.29 is 19.1 Å². The van der Waals surface area contributed by atoms with Crippen molar-refractivity contribution >= 4 is 11.9 Å². The van der Waals surface area contributed by atoms with E-state index in [-0.39, 0.29) is 24.5 Å². The van der Waals surface area contributed by atoms with Gasteiger partial charge in [-0.2, -0.15) is 0 Å². The number of benzene rings is 1. The molecule has 1 saturated heterocycles. The molecule has 0 radical (unpaired) electrons. The van der Waals surface area contributed by atoms with Gasteiger partial charge in [-0.25, -0.2) is 0 Å². The van der Waals surface area contributed by atoms with E-state index in [0.29, 0.717) is 6.54 Å². The van der Waals surface area contributed by atoms with Gasteiger partial charge in [0.2, 0.25) is 5.91 Å². The van der Waals surface area contributed by atoms with Crippen molar-refractivity contribution in [3.63, 3.8) is 0 Å². The predicted octanol–water partition coefficient (Wildman–Crippen LogP) is 0.949. The second kappa shape index (κ2) is 7.79. The fourth-order valence-electron chi connectivity index (χ4n) is 2.60. The number of ether oxygens (including phenoxy) is 2. The van der Waals surface area contributed by atoms with Crippen molar-refractivity contribution in [2.75, 3.05) is 27.3 Å². The average molecular weight is 306 g/mol. The normalized spacial score (nSPS) is 18.0. The van der Waals surface area contributed by atoms with Gasteiger partial charge in [0.1, 0.15) is 11.8 Å². The first-order chi connectivity index (χ1) is 10.6. The van der Waals surface area contributed by atoms with Gasteiger partial charge in [0.15, 0.2) is 0 Å². The molecule has 6 nitrogen and oxygen atoms in total. The van der Waals surface area contributed by atoms with E-state index in [1.807, 2.05) is 29.2 Å². The molecule has 0 bridgehead atoms. The van der Waals surface area contributed by atoms with Crippen molar-refractivity contribution in [3.8, 4) is 5.75 Å². The fourth-order valence-corrected chi connectivity index (χ4v) is 2.60. The Hall–Kier alpha value is -2.08. The molecule has 2 rings (SSSR count). The first kappa shape index (κ1) is 16.3. The van der Waals surface area contributed by atoms with Crippen LogP contribution in [0.4, 0.5) is 0 Å². The Morgan fingerprint density at radius 3 is 2.64 bits per heavy atom. The van der Waals surface area contributed by atoms with Gasteiger partial charge in [-0.1, -0.05) is 12.1 Å². The first-order valence-electron chi connectivity index (χ1n) is 7.35. The van der Waals surface area contributed by atoms with Gasteiger partial charge in [0.05, 0.1) is 20.8 Å². The third kappa shape index (κ3) is 4.21. The number of hydrogen-bond acceptors (Lipinski definition) is 5. The molecule has 0 aromatic heterocycles. The highest BCUT2D eigenvalue weighted by Gasteiger charge is 2.32. The summed E-state index contributed by atoms with van der Waals surface area (Å²) < 4.78 is 9.86. The number of rotatable bonds is 6. The minimum atomic E-state index is -0.295. The monoisotopic (exact) mass is 306 g/mol. The average Bonchev–Trinajstić information content (AvgIpc) is 3.00. The summed E-state index contributed by atoms with van der Waals surface area (Å²) in [6.07, 6.45) is 1.66. The summed E-state index contributed by atoms with van der Waals surface area (Å²) in [5, 5.41) is 2.87. The van der Waals surface area contributed by atoms with Gasteiger partial charge in [0, 0.05) is 6.54 Å². The number of carbonyl (C=O) groups excluding carboxylic acids is 2. The number of nitrogens with one attached hydrogen (secondary N) is 1. The summed E-state index contributed by atoms with van der Waals surface area (Å²) in [7, 11) is 2.99. The van der Waals surface area contributed by atoms with Crippen LogP contribution in [0.3, 0.4) is 0 Å². The fraction of sp³-hybridized carbons (Fsp3) is 0.500. The van der Waals surface area contributed by atoms with Crippen LogP contribution in [0, 0.1) is 0 Å². The number of esters is 1. The van der Waals surface area contributed by atoms with E-state index in [4.69, 9.17) is 9.47 Å². The Morgan fingerprint density at radius 1 is 1.27 bits per heavy atom. The third-order valence-corrected chi connectivity index (χ3v) is 3.83. The molecule has 1 amide bonds. The lowest BCUT2D eigenvalue weighted by Crippen LogP contribution is -2.43. The smallest absolute Gasteiger partial charge is 0.323 e. The molecule has 1 heterocycles. The Kier molecular flexibility index (Phi) is 5.77. The van der Waals surface area contributed by atoms with Gasteiger partial charge in [-0.05, 0) is 37.1 Å². The van der Waals surface area contributed by atoms with E-state index >= 15 is 0 Å². The minimum Gasteiger partial charge on any atom is -0.497 e. The molecule has 1 aliphatic rings. The van der Waals surface area contributed by atoms with Crippen LogP contribution in [0.2, 0.25) is 0 Å². The van der Waals surface area contributed by atoms with Gasteiger partial charge < -0.3 is 14.8 Å². The molecule has 0 aliphatic carbocycles. The number of carbonyl (C=O) groups is 2. The molecule has 0 spiro atoms. The Bertz CT molecular complexity index is 515. The number of methoxy groups -OCH3 is 2. The van der Waals surface area contributed by atoms with Crippen LogP contribution in [0.1, 0.15) is 18.4 Å². The molecule has 1 fully saturated rings. The second-order valence-corrected chi connectivity index (χ2v) is 5.28. The molecule has 1 aromatic rings. The Balaban J connectivity index is 1.80. The maximum atomic E-state index is 12.0. The number of nitrogens with zero attached hydrogens (tertiary/aromatic N) is 1. The lowest BCUT2D eigenvalue weighted by Gasteiger charge is -2.21. The summed E-state index contributed by atoms with van der Waals surface area (Å²) in [6.45, 7) is 1.42. The number of amides is 1. The van der Waals surface area contributed by atoms with E-state index in [1.54, 1.807) is 7.11 Å². The minimum absolute atomic E-state index is 0.0911. The lowest BCUT2D eigenvalue weighted by atomic mass is 10.2. The molecule has 1 atom stereocenters. The van der Waals surface area contributed by atoms with Crippen LogP contribution < -0.4 is 10.1 Å². The second-order valence-electron chi connectivity index (χ2n) is 5.28. The van der Waals surface area contributed by atoms with Gasteiger partial charge in [-0.15, -0.1) is 0 Å². The quantitative estimate of drug-likeness (QED) is 0.793. The van der Waals surface area contributed by atoms with Crippen LogP contribution in [-0.4, -0.2) is 50.1 Å². The van der Waals surface area contributed by atoms with Crippen LogP contribution in [0.15, 0.2) is 24.3 Å². The highest BCUT2D eigenvalue weighted by atomic mass is 16.5. The van der Waals surface area contributed by atoms with Crippen molar-refractivity contribution in [2.24, 2.45) is 0 Å². The summed E-state index contributed by atoms with van der Waals surface area (Å²) in [6, 6.07) is 7.24. The molecular formula is C16H22N2O4. The molecule has 120 valence electrons. The Morgan fingerprint density at radius 2 is 2.00 bits per heavy atom. The zero-order valence-electron chi connectivity index (χ0n) is 13.0. The van der Waals surface area contributed by atoms with E-state index in [1.165, 1.54) is 7.11 Å². The van der Waals surface area contributed by atoms with Crippen LogP contribution >= 0.6 is 0 Å². The first-order valence-corrected chi connectivity index (χ1v) is 7.35. The largest absolute Gasteiger partial charge is 0.497 e. The molecule has 1 aliphatic heterocycles. The lowest BCUT2D eigenvalue weighted by molar-refractivity contribution is -0.146. The molecule has 1 unspecified atom stereocenters.